The highest BCUT2D eigenvalue weighted by atomic mass is 19.1. The van der Waals surface area contributed by atoms with Crippen molar-refractivity contribution in [2.24, 2.45) is 0 Å². The van der Waals surface area contributed by atoms with E-state index in [1.807, 2.05) is 6.07 Å². The van der Waals surface area contributed by atoms with Crippen LogP contribution in [0.2, 0.25) is 0 Å². The number of halogens is 1. The van der Waals surface area contributed by atoms with Crippen LogP contribution in [0.5, 0.6) is 0 Å². The summed E-state index contributed by atoms with van der Waals surface area (Å²) in [4.78, 5) is 15.4. The van der Waals surface area contributed by atoms with Crippen molar-refractivity contribution in [3.63, 3.8) is 0 Å². The molecule has 0 atom stereocenters. The molecule has 0 spiro atoms. The molecule has 2 rings (SSSR count). The highest BCUT2D eigenvalue weighted by molar-refractivity contribution is 6.04. The van der Waals surface area contributed by atoms with Gasteiger partial charge in [0.15, 0.2) is 5.82 Å². The number of benzene rings is 1. The fraction of sp³-hybridized carbons (Fsp3) is 0. The van der Waals surface area contributed by atoms with Crippen LogP contribution in [0, 0.1) is 17.1 Å². The summed E-state index contributed by atoms with van der Waals surface area (Å²) < 4.78 is 13.3. The van der Waals surface area contributed by atoms with Crippen molar-refractivity contribution in [2.45, 2.75) is 0 Å². The SMILES string of the molecule is N#Cc1ccc(C(=O)Nc2ccncc2F)cc1. The molecule has 0 aliphatic heterocycles. The lowest BCUT2D eigenvalue weighted by atomic mass is 10.1. The quantitative estimate of drug-likeness (QED) is 0.877. The molecule has 5 heteroatoms. The van der Waals surface area contributed by atoms with Gasteiger partial charge in [-0.1, -0.05) is 0 Å². The predicted octanol–water partition coefficient (Wildman–Crippen LogP) is 2.34. The summed E-state index contributed by atoms with van der Waals surface area (Å²) in [6.07, 6.45) is 2.41. The molecule has 0 saturated heterocycles. The van der Waals surface area contributed by atoms with Gasteiger partial charge in [-0.3, -0.25) is 9.78 Å². The maximum atomic E-state index is 13.3. The Labute approximate surface area is 103 Å². The molecule has 0 aliphatic carbocycles. The molecule has 0 fully saturated rings. The summed E-state index contributed by atoms with van der Waals surface area (Å²) in [6.45, 7) is 0. The van der Waals surface area contributed by atoms with E-state index in [-0.39, 0.29) is 5.69 Å². The monoisotopic (exact) mass is 241 g/mol. The fourth-order valence-corrected chi connectivity index (χ4v) is 1.37. The first kappa shape index (κ1) is 11.7. The van der Waals surface area contributed by atoms with E-state index in [4.69, 9.17) is 5.26 Å². The van der Waals surface area contributed by atoms with E-state index < -0.39 is 11.7 Å². The normalized spacial score (nSPS) is 9.56. The standard InChI is InChI=1S/C13H8FN3O/c14-11-8-16-6-5-12(11)17-13(18)10-3-1-9(7-15)2-4-10/h1-6,8H,(H,16,17,18). The van der Waals surface area contributed by atoms with E-state index in [2.05, 4.69) is 10.3 Å². The minimum Gasteiger partial charge on any atom is -0.319 e. The van der Waals surface area contributed by atoms with E-state index in [1.165, 1.54) is 36.5 Å². The van der Waals surface area contributed by atoms with E-state index in [1.54, 1.807) is 0 Å². The van der Waals surface area contributed by atoms with Crippen LogP contribution < -0.4 is 5.32 Å². The lowest BCUT2D eigenvalue weighted by molar-refractivity contribution is 0.102. The largest absolute Gasteiger partial charge is 0.319 e. The van der Waals surface area contributed by atoms with Crippen LogP contribution in [0.1, 0.15) is 15.9 Å². The molecule has 0 aliphatic rings. The minimum absolute atomic E-state index is 0.0689. The van der Waals surface area contributed by atoms with Crippen molar-refractivity contribution in [3.8, 4) is 6.07 Å². The Morgan fingerprint density at radius 1 is 1.28 bits per heavy atom. The molecule has 0 unspecified atom stereocenters. The molecule has 88 valence electrons. The Balaban J connectivity index is 2.17. The number of carbonyl (C=O) groups is 1. The first-order valence-corrected chi connectivity index (χ1v) is 5.12. The third kappa shape index (κ3) is 2.50. The number of nitrogens with one attached hydrogen (secondary N) is 1. The molecular formula is C13H8FN3O. The summed E-state index contributed by atoms with van der Waals surface area (Å²) in [5.41, 5.74) is 0.881. The van der Waals surface area contributed by atoms with Crippen LogP contribution >= 0.6 is 0 Å². The number of hydrogen-bond acceptors (Lipinski definition) is 3. The van der Waals surface area contributed by atoms with Gasteiger partial charge in [0.1, 0.15) is 0 Å². The second kappa shape index (κ2) is 5.06. The summed E-state index contributed by atoms with van der Waals surface area (Å²) in [5.74, 6) is -1.04. The molecule has 0 radical (unpaired) electrons. The van der Waals surface area contributed by atoms with Gasteiger partial charge in [-0.2, -0.15) is 5.26 Å². The first-order valence-electron chi connectivity index (χ1n) is 5.12. The Hall–Kier alpha value is -2.74. The van der Waals surface area contributed by atoms with Gasteiger partial charge in [0.2, 0.25) is 0 Å². The number of amides is 1. The minimum atomic E-state index is -0.598. The highest BCUT2D eigenvalue weighted by Crippen LogP contribution is 2.13. The number of nitriles is 1. The van der Waals surface area contributed by atoms with E-state index in [0.29, 0.717) is 11.1 Å². The van der Waals surface area contributed by atoms with Gasteiger partial charge in [0.05, 0.1) is 23.5 Å². The molecule has 1 amide bonds. The summed E-state index contributed by atoms with van der Waals surface area (Å²) in [5, 5.41) is 11.1. The number of aromatic nitrogens is 1. The molecule has 1 aromatic heterocycles. The van der Waals surface area contributed by atoms with Crippen LogP contribution in [0.3, 0.4) is 0 Å². The second-order valence-corrected chi connectivity index (χ2v) is 3.50. The molecular weight excluding hydrogens is 233 g/mol. The Morgan fingerprint density at radius 3 is 2.61 bits per heavy atom. The second-order valence-electron chi connectivity index (χ2n) is 3.50. The van der Waals surface area contributed by atoms with Gasteiger partial charge in [-0.15, -0.1) is 0 Å². The van der Waals surface area contributed by atoms with Gasteiger partial charge in [-0.05, 0) is 30.3 Å². The molecule has 1 heterocycles. The van der Waals surface area contributed by atoms with Crippen LogP contribution in [0.15, 0.2) is 42.7 Å². The van der Waals surface area contributed by atoms with Crippen LogP contribution in [-0.4, -0.2) is 10.9 Å². The lowest BCUT2D eigenvalue weighted by Crippen LogP contribution is -2.12. The maximum Gasteiger partial charge on any atom is 0.255 e. The Kier molecular flexibility index (Phi) is 3.30. The third-order valence-electron chi connectivity index (χ3n) is 2.30. The van der Waals surface area contributed by atoms with E-state index in [9.17, 15) is 9.18 Å². The predicted molar refractivity (Wildman–Crippen MR) is 63.3 cm³/mol. The zero-order valence-electron chi connectivity index (χ0n) is 9.22. The molecule has 1 aromatic carbocycles. The summed E-state index contributed by atoms with van der Waals surface area (Å²) >= 11 is 0. The Morgan fingerprint density at radius 2 is 2.00 bits per heavy atom. The zero-order valence-corrected chi connectivity index (χ0v) is 9.22. The zero-order chi connectivity index (χ0) is 13.0. The first-order chi connectivity index (χ1) is 8.70. The molecule has 18 heavy (non-hydrogen) atoms. The average Bonchev–Trinajstić information content (AvgIpc) is 2.41. The van der Waals surface area contributed by atoms with Crippen molar-refractivity contribution >= 4 is 11.6 Å². The molecule has 4 nitrogen and oxygen atoms in total. The number of rotatable bonds is 2. The molecule has 0 bridgehead atoms. The number of anilines is 1. The third-order valence-corrected chi connectivity index (χ3v) is 2.30. The smallest absolute Gasteiger partial charge is 0.255 e. The van der Waals surface area contributed by atoms with Gasteiger partial charge >= 0.3 is 0 Å². The summed E-state index contributed by atoms with van der Waals surface area (Å²) in [7, 11) is 0. The number of pyridine rings is 1. The highest BCUT2D eigenvalue weighted by Gasteiger charge is 2.08. The fourth-order valence-electron chi connectivity index (χ4n) is 1.37. The number of carbonyl (C=O) groups excluding carboxylic acids is 1. The van der Waals surface area contributed by atoms with Crippen LogP contribution in [-0.2, 0) is 0 Å². The van der Waals surface area contributed by atoms with E-state index >= 15 is 0 Å². The molecule has 2 aromatic rings. The van der Waals surface area contributed by atoms with Gasteiger partial charge < -0.3 is 5.32 Å². The number of hydrogen-bond donors (Lipinski definition) is 1. The lowest BCUT2D eigenvalue weighted by Gasteiger charge is -2.05. The van der Waals surface area contributed by atoms with E-state index in [0.717, 1.165) is 6.20 Å². The van der Waals surface area contributed by atoms with Gasteiger partial charge in [0.25, 0.3) is 5.91 Å². The topological polar surface area (TPSA) is 65.8 Å². The molecule has 0 saturated carbocycles. The van der Waals surface area contributed by atoms with Crippen molar-refractivity contribution in [3.05, 3.63) is 59.7 Å². The van der Waals surface area contributed by atoms with Crippen molar-refractivity contribution in [2.75, 3.05) is 5.32 Å². The van der Waals surface area contributed by atoms with Crippen LogP contribution in [0.4, 0.5) is 10.1 Å². The van der Waals surface area contributed by atoms with Crippen LogP contribution in [0.25, 0.3) is 0 Å². The number of nitrogens with zero attached hydrogens (tertiary/aromatic N) is 2. The maximum absolute atomic E-state index is 13.3. The van der Waals surface area contributed by atoms with Gasteiger partial charge in [-0.25, -0.2) is 4.39 Å². The summed E-state index contributed by atoms with van der Waals surface area (Å²) in [6, 6.07) is 9.39. The molecule has 1 N–H and O–H groups in total. The van der Waals surface area contributed by atoms with Crippen molar-refractivity contribution in [1.29, 1.82) is 5.26 Å². The van der Waals surface area contributed by atoms with Crippen molar-refractivity contribution in [1.82, 2.24) is 4.98 Å². The Bertz CT molecular complexity index is 617. The van der Waals surface area contributed by atoms with Gasteiger partial charge in [0, 0.05) is 11.8 Å². The van der Waals surface area contributed by atoms with Crippen molar-refractivity contribution < 1.29 is 9.18 Å². The average molecular weight is 241 g/mol.